The highest BCUT2D eigenvalue weighted by Crippen LogP contribution is 2.22. The molecule has 0 saturated heterocycles. The fourth-order valence-corrected chi connectivity index (χ4v) is 4.29. The highest BCUT2D eigenvalue weighted by atomic mass is 19.1. The van der Waals surface area contributed by atoms with E-state index in [9.17, 15) is 14.0 Å². The standard InChI is InChI=1S/C29H30FN3O4/c1-20(34)33(17-21-7-3-6-10-28(21)36-2)18-24(15-22-16-31-27-9-5-4-8-26(22)27)32-29(35)19-37-25-13-11-23(30)12-14-25/h3-14,16,24,31H,15,17-19H2,1-2H3,(H,32,35)/t24-/m1/s1. The molecule has 0 radical (unpaired) electrons. The fraction of sp³-hybridized carbons (Fsp3) is 0.241. The number of H-pyrrole nitrogens is 1. The van der Waals surface area contributed by atoms with Gasteiger partial charge in [-0.2, -0.15) is 0 Å². The van der Waals surface area contributed by atoms with Crippen LogP contribution in [0.5, 0.6) is 11.5 Å². The summed E-state index contributed by atoms with van der Waals surface area (Å²) in [5, 5.41) is 4.08. The topological polar surface area (TPSA) is 83.7 Å². The van der Waals surface area contributed by atoms with Gasteiger partial charge >= 0.3 is 0 Å². The van der Waals surface area contributed by atoms with Crippen molar-refractivity contribution in [3.63, 3.8) is 0 Å². The molecular weight excluding hydrogens is 473 g/mol. The van der Waals surface area contributed by atoms with Gasteiger partial charge in [-0.1, -0.05) is 36.4 Å². The molecular formula is C29H30FN3O4. The van der Waals surface area contributed by atoms with E-state index < -0.39 is 0 Å². The molecule has 8 heteroatoms. The first kappa shape index (κ1) is 25.8. The van der Waals surface area contributed by atoms with E-state index >= 15 is 0 Å². The molecule has 1 heterocycles. The lowest BCUT2D eigenvalue weighted by atomic mass is 10.0. The summed E-state index contributed by atoms with van der Waals surface area (Å²) in [5.41, 5.74) is 2.90. The highest BCUT2D eigenvalue weighted by Gasteiger charge is 2.22. The van der Waals surface area contributed by atoms with Crippen LogP contribution in [0.15, 0.2) is 79.0 Å². The van der Waals surface area contributed by atoms with Crippen molar-refractivity contribution < 1.29 is 23.5 Å². The molecule has 7 nitrogen and oxygen atoms in total. The second-order valence-electron chi connectivity index (χ2n) is 8.78. The number of methoxy groups -OCH3 is 1. The predicted octanol–water partition coefficient (Wildman–Crippen LogP) is 4.47. The molecule has 4 aromatic rings. The second kappa shape index (κ2) is 12.1. The van der Waals surface area contributed by atoms with Crippen LogP contribution in [-0.4, -0.2) is 48.0 Å². The summed E-state index contributed by atoms with van der Waals surface area (Å²) in [6.07, 6.45) is 2.43. The van der Waals surface area contributed by atoms with E-state index in [1.807, 2.05) is 54.7 Å². The van der Waals surface area contributed by atoms with Crippen LogP contribution in [0.4, 0.5) is 4.39 Å². The lowest BCUT2D eigenvalue weighted by Gasteiger charge is -2.28. The zero-order chi connectivity index (χ0) is 26.2. The first-order chi connectivity index (χ1) is 17.9. The number of carbonyl (C=O) groups is 2. The molecule has 0 spiro atoms. The number of nitrogens with zero attached hydrogens (tertiary/aromatic N) is 1. The first-order valence-electron chi connectivity index (χ1n) is 12.0. The van der Waals surface area contributed by atoms with Crippen molar-refractivity contribution in [1.29, 1.82) is 0 Å². The Bertz CT molecular complexity index is 1350. The largest absolute Gasteiger partial charge is 0.496 e. The van der Waals surface area contributed by atoms with Crippen molar-refractivity contribution in [2.75, 3.05) is 20.3 Å². The van der Waals surface area contributed by atoms with E-state index in [1.165, 1.54) is 31.2 Å². The number of hydrogen-bond donors (Lipinski definition) is 2. The lowest BCUT2D eigenvalue weighted by Crippen LogP contribution is -2.47. The third-order valence-electron chi connectivity index (χ3n) is 6.13. The zero-order valence-electron chi connectivity index (χ0n) is 20.9. The Kier molecular flexibility index (Phi) is 8.40. The molecule has 1 atom stereocenters. The van der Waals surface area contributed by atoms with Gasteiger partial charge in [0.2, 0.25) is 5.91 Å². The van der Waals surface area contributed by atoms with Gasteiger partial charge in [0.15, 0.2) is 6.61 Å². The minimum atomic E-state index is -0.387. The maximum absolute atomic E-state index is 13.2. The number of aromatic nitrogens is 1. The average Bonchev–Trinajstić information content (AvgIpc) is 3.31. The van der Waals surface area contributed by atoms with Crippen molar-refractivity contribution in [3.8, 4) is 11.5 Å². The summed E-state index contributed by atoms with van der Waals surface area (Å²) in [5.74, 6) is 0.251. The lowest BCUT2D eigenvalue weighted by molar-refractivity contribution is -0.131. The molecule has 4 rings (SSSR count). The normalized spacial score (nSPS) is 11.6. The number of nitrogens with one attached hydrogen (secondary N) is 2. The van der Waals surface area contributed by atoms with Gasteiger partial charge in [0.25, 0.3) is 5.91 Å². The number of ether oxygens (including phenoxy) is 2. The quantitative estimate of drug-likeness (QED) is 0.316. The van der Waals surface area contributed by atoms with Crippen LogP contribution in [0.1, 0.15) is 18.1 Å². The van der Waals surface area contributed by atoms with Gasteiger partial charge in [0, 0.05) is 42.7 Å². The van der Waals surface area contributed by atoms with Crippen LogP contribution in [0.2, 0.25) is 0 Å². The summed E-state index contributed by atoms with van der Waals surface area (Å²) in [4.78, 5) is 30.4. The van der Waals surface area contributed by atoms with Gasteiger partial charge in [-0.15, -0.1) is 0 Å². The Morgan fingerprint density at radius 2 is 1.73 bits per heavy atom. The third-order valence-corrected chi connectivity index (χ3v) is 6.13. The van der Waals surface area contributed by atoms with Gasteiger partial charge in [0.1, 0.15) is 17.3 Å². The smallest absolute Gasteiger partial charge is 0.258 e. The van der Waals surface area contributed by atoms with Crippen LogP contribution in [0, 0.1) is 5.82 Å². The maximum Gasteiger partial charge on any atom is 0.258 e. The number of carbonyl (C=O) groups excluding carboxylic acids is 2. The summed E-state index contributed by atoms with van der Waals surface area (Å²) in [7, 11) is 1.60. The second-order valence-corrected chi connectivity index (χ2v) is 8.78. The van der Waals surface area contributed by atoms with Gasteiger partial charge in [-0.25, -0.2) is 4.39 Å². The van der Waals surface area contributed by atoms with Gasteiger partial charge < -0.3 is 24.7 Å². The summed E-state index contributed by atoms with van der Waals surface area (Å²) in [6.45, 7) is 1.90. The van der Waals surface area contributed by atoms with Crippen LogP contribution in [0.25, 0.3) is 10.9 Å². The number of rotatable bonds is 11. The number of halogens is 1. The van der Waals surface area contributed by atoms with E-state index in [-0.39, 0.29) is 36.8 Å². The molecule has 2 N–H and O–H groups in total. The van der Waals surface area contributed by atoms with Crippen LogP contribution in [0.3, 0.4) is 0 Å². The Balaban J connectivity index is 1.51. The number of fused-ring (bicyclic) bond motifs is 1. The molecule has 2 amide bonds. The average molecular weight is 504 g/mol. The SMILES string of the molecule is COc1ccccc1CN(C[C@@H](Cc1c[nH]c2ccccc12)NC(=O)COc1ccc(F)cc1)C(C)=O. The Labute approximate surface area is 215 Å². The molecule has 0 fully saturated rings. The minimum absolute atomic E-state index is 0.119. The number of aromatic amines is 1. The van der Waals surface area contributed by atoms with E-state index in [0.29, 0.717) is 24.5 Å². The van der Waals surface area contributed by atoms with Gasteiger partial charge in [0.05, 0.1) is 13.2 Å². The molecule has 0 bridgehead atoms. The van der Waals surface area contributed by atoms with Crippen molar-refractivity contribution >= 4 is 22.7 Å². The zero-order valence-corrected chi connectivity index (χ0v) is 20.9. The van der Waals surface area contributed by atoms with Gasteiger partial charge in [-0.05, 0) is 48.4 Å². The molecule has 0 aliphatic carbocycles. The van der Waals surface area contributed by atoms with E-state index in [0.717, 1.165) is 22.0 Å². The fourth-order valence-electron chi connectivity index (χ4n) is 4.29. The predicted molar refractivity (Wildman–Crippen MR) is 140 cm³/mol. The van der Waals surface area contributed by atoms with Gasteiger partial charge in [-0.3, -0.25) is 9.59 Å². The molecule has 0 aliphatic rings. The minimum Gasteiger partial charge on any atom is -0.496 e. The Morgan fingerprint density at radius 1 is 1.00 bits per heavy atom. The molecule has 1 aromatic heterocycles. The Hall–Kier alpha value is -4.33. The van der Waals surface area contributed by atoms with Crippen LogP contribution >= 0.6 is 0 Å². The molecule has 3 aromatic carbocycles. The van der Waals surface area contributed by atoms with E-state index in [2.05, 4.69) is 10.3 Å². The van der Waals surface area contributed by atoms with E-state index in [1.54, 1.807) is 12.0 Å². The number of amides is 2. The first-order valence-corrected chi connectivity index (χ1v) is 12.0. The van der Waals surface area contributed by atoms with E-state index in [4.69, 9.17) is 9.47 Å². The third kappa shape index (κ3) is 6.88. The molecule has 0 saturated carbocycles. The summed E-state index contributed by atoms with van der Waals surface area (Å²) in [6, 6.07) is 20.6. The van der Waals surface area contributed by atoms with Crippen molar-refractivity contribution in [1.82, 2.24) is 15.2 Å². The van der Waals surface area contributed by atoms with Crippen LogP contribution in [-0.2, 0) is 22.6 Å². The van der Waals surface area contributed by atoms with Crippen molar-refractivity contribution in [2.45, 2.75) is 25.9 Å². The molecule has 0 aliphatic heterocycles. The highest BCUT2D eigenvalue weighted by molar-refractivity contribution is 5.83. The molecule has 192 valence electrons. The number of hydrogen-bond acceptors (Lipinski definition) is 4. The molecule has 0 unspecified atom stereocenters. The summed E-state index contributed by atoms with van der Waals surface area (Å²) < 4.78 is 24.1. The monoisotopic (exact) mass is 503 g/mol. The summed E-state index contributed by atoms with van der Waals surface area (Å²) >= 11 is 0. The molecule has 37 heavy (non-hydrogen) atoms. The number of para-hydroxylation sites is 2. The maximum atomic E-state index is 13.2. The van der Waals surface area contributed by atoms with Crippen LogP contribution < -0.4 is 14.8 Å². The number of benzene rings is 3. The Morgan fingerprint density at radius 3 is 2.49 bits per heavy atom. The van der Waals surface area contributed by atoms with Crippen molar-refractivity contribution in [2.24, 2.45) is 0 Å². The van der Waals surface area contributed by atoms with Crippen molar-refractivity contribution in [3.05, 3.63) is 95.9 Å².